The molecule has 2 aromatic rings. The predicted molar refractivity (Wildman–Crippen MR) is 118 cm³/mol. The van der Waals surface area contributed by atoms with Crippen molar-refractivity contribution in [2.24, 2.45) is 0 Å². The van der Waals surface area contributed by atoms with Gasteiger partial charge < -0.3 is 9.64 Å². The van der Waals surface area contributed by atoms with Crippen molar-refractivity contribution in [3.63, 3.8) is 0 Å². The van der Waals surface area contributed by atoms with Crippen molar-refractivity contribution < 1.29 is 18.3 Å². The highest BCUT2D eigenvalue weighted by Gasteiger charge is 2.40. The normalized spacial score (nSPS) is 19.6. The summed E-state index contributed by atoms with van der Waals surface area (Å²) in [5, 5.41) is 9.50. The van der Waals surface area contributed by atoms with E-state index >= 15 is 0 Å². The van der Waals surface area contributed by atoms with Crippen molar-refractivity contribution in [1.82, 2.24) is 9.80 Å². The van der Waals surface area contributed by atoms with E-state index in [9.17, 15) is 18.8 Å². The van der Waals surface area contributed by atoms with Crippen LogP contribution in [0, 0.1) is 23.0 Å². The average Bonchev–Trinajstić information content (AvgIpc) is 2.71. The zero-order valence-corrected chi connectivity index (χ0v) is 18.9. The van der Waals surface area contributed by atoms with E-state index in [1.165, 1.54) is 24.3 Å². The number of piperazine rings is 1. The fourth-order valence-electron chi connectivity index (χ4n) is 4.11. The molecule has 0 radical (unpaired) electrons. The average molecular weight is 442 g/mol. The van der Waals surface area contributed by atoms with Gasteiger partial charge in [0.15, 0.2) is 0 Å². The Morgan fingerprint density at radius 3 is 2.00 bits per heavy atom. The van der Waals surface area contributed by atoms with E-state index in [0.717, 1.165) is 11.1 Å². The quantitative estimate of drug-likeness (QED) is 0.648. The molecule has 0 unspecified atom stereocenters. The van der Waals surface area contributed by atoms with Crippen LogP contribution in [0.15, 0.2) is 48.5 Å². The number of nitriles is 1. The summed E-state index contributed by atoms with van der Waals surface area (Å²) in [5.74, 6) is -0.688. The van der Waals surface area contributed by atoms with Crippen LogP contribution in [0.2, 0.25) is 0 Å². The maximum Gasteiger partial charge on any atom is 0.410 e. The number of amides is 1. The van der Waals surface area contributed by atoms with Crippen LogP contribution in [0.1, 0.15) is 51.3 Å². The minimum absolute atomic E-state index is 0.178. The lowest BCUT2D eigenvalue weighted by atomic mass is 9.92. The fraction of sp³-hybridized carbons (Fsp3) is 0.440. The number of hydrogen-bond acceptors (Lipinski definition) is 4. The molecule has 1 fully saturated rings. The van der Waals surface area contributed by atoms with E-state index in [-0.39, 0.29) is 36.2 Å². The Balaban J connectivity index is 1.98. The first-order valence-corrected chi connectivity index (χ1v) is 10.7. The highest BCUT2D eigenvalue weighted by molar-refractivity contribution is 5.68. The molecular formula is C25H29F2N3O2. The number of rotatable bonds is 4. The van der Waals surface area contributed by atoms with Crippen LogP contribution in [0.3, 0.4) is 0 Å². The molecule has 32 heavy (non-hydrogen) atoms. The first-order chi connectivity index (χ1) is 15.1. The van der Waals surface area contributed by atoms with E-state index in [0.29, 0.717) is 13.1 Å². The van der Waals surface area contributed by atoms with Gasteiger partial charge in [-0.3, -0.25) is 4.90 Å². The molecule has 1 amide bonds. The molecule has 1 heterocycles. The van der Waals surface area contributed by atoms with Gasteiger partial charge in [0.05, 0.1) is 18.5 Å². The molecule has 0 aromatic heterocycles. The number of hydrogen-bond donors (Lipinski definition) is 0. The molecule has 1 aliphatic heterocycles. The van der Waals surface area contributed by atoms with Crippen LogP contribution in [0.4, 0.5) is 13.6 Å². The number of nitrogens with zero attached hydrogens (tertiary/aromatic N) is 3. The summed E-state index contributed by atoms with van der Waals surface area (Å²) in [6.45, 7) is 8.19. The molecule has 7 heteroatoms. The molecule has 1 saturated heterocycles. The van der Waals surface area contributed by atoms with Crippen LogP contribution in [0.25, 0.3) is 0 Å². The van der Waals surface area contributed by atoms with Crippen molar-refractivity contribution in [2.75, 3.05) is 13.1 Å². The minimum Gasteiger partial charge on any atom is -0.444 e. The Labute approximate surface area is 188 Å². The molecule has 0 spiro atoms. The number of carbonyl (C=O) groups excluding carboxylic acids is 1. The third-order valence-electron chi connectivity index (χ3n) is 5.54. The van der Waals surface area contributed by atoms with Gasteiger partial charge in [-0.2, -0.15) is 5.26 Å². The van der Waals surface area contributed by atoms with E-state index < -0.39 is 11.7 Å². The van der Waals surface area contributed by atoms with Crippen LogP contribution in [-0.4, -0.2) is 46.7 Å². The molecule has 1 aliphatic rings. The third kappa shape index (κ3) is 5.63. The molecule has 0 saturated carbocycles. The lowest BCUT2D eigenvalue weighted by Crippen LogP contribution is -2.60. The van der Waals surface area contributed by atoms with Gasteiger partial charge in [-0.25, -0.2) is 13.6 Å². The van der Waals surface area contributed by atoms with Crippen LogP contribution in [0.5, 0.6) is 0 Å². The molecule has 2 aromatic carbocycles. The monoisotopic (exact) mass is 441 g/mol. The van der Waals surface area contributed by atoms with Crippen molar-refractivity contribution in [3.05, 3.63) is 71.3 Å². The zero-order chi connectivity index (χ0) is 23.5. The highest BCUT2D eigenvalue weighted by atomic mass is 19.1. The topological polar surface area (TPSA) is 56.6 Å². The van der Waals surface area contributed by atoms with Crippen molar-refractivity contribution in [3.8, 4) is 6.07 Å². The third-order valence-corrected chi connectivity index (χ3v) is 5.54. The van der Waals surface area contributed by atoms with Gasteiger partial charge >= 0.3 is 6.09 Å². The fourth-order valence-corrected chi connectivity index (χ4v) is 4.11. The Hall–Kier alpha value is -2.98. The van der Waals surface area contributed by atoms with Crippen LogP contribution in [-0.2, 0) is 4.74 Å². The van der Waals surface area contributed by atoms with Gasteiger partial charge in [-0.15, -0.1) is 0 Å². The summed E-state index contributed by atoms with van der Waals surface area (Å²) in [5.41, 5.74) is 1.04. The van der Waals surface area contributed by atoms with Gasteiger partial charge in [0, 0.05) is 25.2 Å². The van der Waals surface area contributed by atoms with Crippen LogP contribution < -0.4 is 0 Å². The molecule has 3 rings (SSSR count). The smallest absolute Gasteiger partial charge is 0.410 e. The molecule has 2 atom stereocenters. The van der Waals surface area contributed by atoms with Crippen molar-refractivity contribution >= 4 is 6.09 Å². The second-order valence-corrected chi connectivity index (χ2v) is 9.20. The van der Waals surface area contributed by atoms with Gasteiger partial charge in [0.25, 0.3) is 0 Å². The van der Waals surface area contributed by atoms with Crippen molar-refractivity contribution in [2.45, 2.75) is 57.8 Å². The molecule has 5 nitrogen and oxygen atoms in total. The standard InChI is InChI=1S/C25H29F2N3O2/c1-17-15-30(22(13-14-28)16-29(17)24(31)32-25(2,3)4)23(18-5-9-20(26)10-6-18)19-7-11-21(27)12-8-19/h5-12,17,22-23H,13,15-16H2,1-4H3/t17-,22+/m0/s1. The highest BCUT2D eigenvalue weighted by Crippen LogP contribution is 2.34. The Kier molecular flexibility index (Phi) is 7.15. The Bertz CT molecular complexity index is 919. The van der Waals surface area contributed by atoms with E-state index in [1.54, 1.807) is 29.2 Å². The number of halogens is 2. The zero-order valence-electron chi connectivity index (χ0n) is 18.9. The molecule has 0 aliphatic carbocycles. The number of carbonyl (C=O) groups is 1. The van der Waals surface area contributed by atoms with E-state index in [2.05, 4.69) is 11.0 Å². The number of ether oxygens (including phenoxy) is 1. The van der Waals surface area contributed by atoms with Gasteiger partial charge in [-0.1, -0.05) is 24.3 Å². The summed E-state index contributed by atoms with van der Waals surface area (Å²) in [4.78, 5) is 16.6. The summed E-state index contributed by atoms with van der Waals surface area (Å²) >= 11 is 0. The van der Waals surface area contributed by atoms with E-state index in [4.69, 9.17) is 4.74 Å². The summed E-state index contributed by atoms with van der Waals surface area (Å²) in [6, 6.07) is 13.9. The first kappa shape index (κ1) is 23.7. The van der Waals surface area contributed by atoms with Gasteiger partial charge in [-0.05, 0) is 63.1 Å². The SMILES string of the molecule is C[C@H]1CN(C(c2ccc(F)cc2)c2ccc(F)cc2)[C@H](CC#N)CN1C(=O)OC(C)(C)C. The second-order valence-electron chi connectivity index (χ2n) is 9.20. The largest absolute Gasteiger partial charge is 0.444 e. The van der Waals surface area contributed by atoms with E-state index in [1.807, 2.05) is 27.7 Å². The van der Waals surface area contributed by atoms with Gasteiger partial charge in [0.2, 0.25) is 0 Å². The van der Waals surface area contributed by atoms with Crippen molar-refractivity contribution in [1.29, 1.82) is 5.26 Å². The maximum absolute atomic E-state index is 13.6. The minimum atomic E-state index is -0.622. The van der Waals surface area contributed by atoms with Gasteiger partial charge in [0.1, 0.15) is 17.2 Å². The van der Waals surface area contributed by atoms with Crippen LogP contribution >= 0.6 is 0 Å². The molecule has 170 valence electrons. The summed E-state index contributed by atoms with van der Waals surface area (Å²) in [7, 11) is 0. The Morgan fingerprint density at radius 1 is 1.06 bits per heavy atom. The maximum atomic E-state index is 13.6. The summed E-state index contributed by atoms with van der Waals surface area (Å²) in [6.07, 6.45) is -0.210. The lowest BCUT2D eigenvalue weighted by Gasteiger charge is -2.48. The molecule has 0 N–H and O–H groups in total. The summed E-state index contributed by atoms with van der Waals surface area (Å²) < 4.78 is 32.8. The second kappa shape index (κ2) is 9.66. The lowest BCUT2D eigenvalue weighted by molar-refractivity contribution is -0.0187. The number of benzene rings is 2. The Morgan fingerprint density at radius 2 is 1.56 bits per heavy atom. The molecule has 0 bridgehead atoms. The molecular weight excluding hydrogens is 412 g/mol. The predicted octanol–water partition coefficient (Wildman–Crippen LogP) is 5.28. The first-order valence-electron chi connectivity index (χ1n) is 10.7.